The summed E-state index contributed by atoms with van der Waals surface area (Å²) in [5.74, 6) is -0.278. The predicted octanol–water partition coefficient (Wildman–Crippen LogP) is 1.07. The van der Waals surface area contributed by atoms with Gasteiger partial charge >= 0.3 is 0 Å². The lowest BCUT2D eigenvalue weighted by Crippen LogP contribution is -2.42. The minimum absolute atomic E-state index is 0.00501. The van der Waals surface area contributed by atoms with Crippen LogP contribution in [0.4, 0.5) is 0 Å². The third-order valence-electron chi connectivity index (χ3n) is 2.74. The monoisotopic (exact) mass is 237 g/mol. The number of aromatic amines is 1. The van der Waals surface area contributed by atoms with Crippen molar-refractivity contribution in [3.63, 3.8) is 0 Å². The van der Waals surface area contributed by atoms with Crippen LogP contribution in [-0.4, -0.2) is 27.7 Å². The maximum Gasteiger partial charge on any atom is 0.223 e. The molecule has 0 unspecified atom stereocenters. The topological polar surface area (TPSA) is 74.8 Å². The molecule has 1 aromatic heterocycles. The number of nitrogens with one attached hydrogen (secondary N) is 2. The van der Waals surface area contributed by atoms with Crippen LogP contribution in [0.1, 0.15) is 32.9 Å². The normalized spacial score (nSPS) is 14.1. The van der Waals surface area contributed by atoms with Crippen LogP contribution in [0.3, 0.4) is 0 Å². The summed E-state index contributed by atoms with van der Waals surface area (Å²) in [5, 5.41) is 2.76. The Morgan fingerprint density at radius 1 is 1.53 bits per heavy atom. The van der Waals surface area contributed by atoms with Gasteiger partial charge < -0.3 is 10.3 Å². The predicted molar refractivity (Wildman–Crippen MR) is 64.4 cm³/mol. The zero-order valence-corrected chi connectivity index (χ0v) is 10.5. The van der Waals surface area contributed by atoms with E-state index in [0.717, 1.165) is 5.69 Å². The molecule has 0 aliphatic carbocycles. The molecule has 1 rings (SSSR count). The second-order valence-corrected chi connectivity index (χ2v) is 4.26. The number of rotatable bonds is 6. The summed E-state index contributed by atoms with van der Waals surface area (Å²) in [6.07, 6.45) is 4.51. The van der Waals surface area contributed by atoms with E-state index in [2.05, 4.69) is 15.3 Å². The molecule has 0 aliphatic rings. The van der Waals surface area contributed by atoms with E-state index in [1.807, 2.05) is 13.8 Å². The Morgan fingerprint density at radius 3 is 2.71 bits per heavy atom. The van der Waals surface area contributed by atoms with E-state index in [0.29, 0.717) is 12.8 Å². The fourth-order valence-electron chi connectivity index (χ4n) is 1.62. The lowest BCUT2D eigenvalue weighted by Gasteiger charge is -2.17. The summed E-state index contributed by atoms with van der Waals surface area (Å²) in [4.78, 5) is 29.9. The molecule has 0 fully saturated rings. The van der Waals surface area contributed by atoms with E-state index in [-0.39, 0.29) is 23.7 Å². The van der Waals surface area contributed by atoms with Crippen LogP contribution in [-0.2, 0) is 16.0 Å². The minimum Gasteiger partial charge on any atom is -0.348 e. The van der Waals surface area contributed by atoms with Crippen molar-refractivity contribution in [3.8, 4) is 0 Å². The zero-order chi connectivity index (χ0) is 12.8. The van der Waals surface area contributed by atoms with Crippen molar-refractivity contribution in [2.45, 2.75) is 39.7 Å². The summed E-state index contributed by atoms with van der Waals surface area (Å²) in [6, 6.07) is -0.369. The molecule has 0 radical (unpaired) electrons. The molecule has 1 amide bonds. The van der Waals surface area contributed by atoms with E-state index < -0.39 is 0 Å². The summed E-state index contributed by atoms with van der Waals surface area (Å²) in [5.41, 5.74) is 0.920. The highest BCUT2D eigenvalue weighted by Crippen LogP contribution is 2.06. The minimum atomic E-state index is -0.369. The van der Waals surface area contributed by atoms with Gasteiger partial charge in [0.25, 0.3) is 0 Å². The third kappa shape index (κ3) is 4.01. The number of carbonyl (C=O) groups is 2. The average Bonchev–Trinajstić information content (AvgIpc) is 2.77. The molecule has 0 aliphatic heterocycles. The van der Waals surface area contributed by atoms with Crippen LogP contribution in [0.2, 0.25) is 0 Å². The Bertz CT molecular complexity index is 373. The number of H-pyrrole nitrogens is 1. The van der Waals surface area contributed by atoms with Crippen LogP contribution in [0, 0.1) is 5.92 Å². The van der Waals surface area contributed by atoms with E-state index in [1.54, 1.807) is 12.5 Å². The Morgan fingerprint density at radius 2 is 2.24 bits per heavy atom. The van der Waals surface area contributed by atoms with Crippen LogP contribution in [0.25, 0.3) is 0 Å². The van der Waals surface area contributed by atoms with Crippen molar-refractivity contribution >= 4 is 11.7 Å². The van der Waals surface area contributed by atoms with Gasteiger partial charge in [-0.2, -0.15) is 0 Å². The van der Waals surface area contributed by atoms with E-state index in [9.17, 15) is 9.59 Å². The standard InChI is InChI=1S/C12H19N3O2/c1-4-11(9(3)16)15-12(17)8(2)5-10-6-13-7-14-10/h6-8,11H,4-5H2,1-3H3,(H,13,14)(H,15,17)/t8-,11-/m0/s1. The van der Waals surface area contributed by atoms with E-state index in [1.165, 1.54) is 6.92 Å². The van der Waals surface area contributed by atoms with Crippen LogP contribution < -0.4 is 5.32 Å². The molecule has 0 bridgehead atoms. The fourth-order valence-corrected chi connectivity index (χ4v) is 1.62. The first-order valence-electron chi connectivity index (χ1n) is 5.82. The number of ketones is 1. The molecular weight excluding hydrogens is 218 g/mol. The first kappa shape index (κ1) is 13.4. The van der Waals surface area contributed by atoms with Crippen molar-refractivity contribution in [1.82, 2.24) is 15.3 Å². The van der Waals surface area contributed by atoms with Gasteiger partial charge in [0.1, 0.15) is 0 Å². The number of carbonyl (C=O) groups excluding carboxylic acids is 2. The molecule has 5 nitrogen and oxygen atoms in total. The SMILES string of the molecule is CC[C@H](NC(=O)[C@@H](C)Cc1cnc[nH]1)C(C)=O. The van der Waals surface area contributed by atoms with Crippen LogP contribution in [0.5, 0.6) is 0 Å². The van der Waals surface area contributed by atoms with Crippen molar-refractivity contribution < 1.29 is 9.59 Å². The van der Waals surface area contributed by atoms with Gasteiger partial charge in [-0.05, 0) is 13.3 Å². The maximum atomic E-state index is 11.8. The quantitative estimate of drug-likeness (QED) is 0.777. The molecule has 1 aromatic rings. The number of hydrogen-bond donors (Lipinski definition) is 2. The number of aromatic nitrogens is 2. The van der Waals surface area contributed by atoms with Gasteiger partial charge in [-0.25, -0.2) is 4.98 Å². The molecule has 0 saturated carbocycles. The van der Waals surface area contributed by atoms with Crippen molar-refractivity contribution in [1.29, 1.82) is 0 Å². The average molecular weight is 237 g/mol. The van der Waals surface area contributed by atoms with Crippen LogP contribution in [0.15, 0.2) is 12.5 Å². The van der Waals surface area contributed by atoms with Gasteiger partial charge in [-0.15, -0.1) is 0 Å². The van der Waals surface area contributed by atoms with E-state index in [4.69, 9.17) is 0 Å². The van der Waals surface area contributed by atoms with Gasteiger partial charge in [0.05, 0.1) is 12.4 Å². The second kappa shape index (κ2) is 6.18. The lowest BCUT2D eigenvalue weighted by atomic mass is 10.0. The molecule has 5 heteroatoms. The first-order chi connectivity index (χ1) is 8.04. The molecule has 0 spiro atoms. The number of Topliss-reactive ketones (excluding diaryl/α,β-unsaturated/α-hetero) is 1. The lowest BCUT2D eigenvalue weighted by molar-refractivity contribution is -0.129. The molecule has 17 heavy (non-hydrogen) atoms. The molecule has 2 N–H and O–H groups in total. The van der Waals surface area contributed by atoms with Gasteiger partial charge in [0.15, 0.2) is 5.78 Å². The summed E-state index contributed by atoms with van der Waals surface area (Å²) in [7, 11) is 0. The van der Waals surface area contributed by atoms with Crippen LogP contribution >= 0.6 is 0 Å². The van der Waals surface area contributed by atoms with Gasteiger partial charge in [0, 0.05) is 24.2 Å². The second-order valence-electron chi connectivity index (χ2n) is 4.26. The van der Waals surface area contributed by atoms with Gasteiger partial charge in [0.2, 0.25) is 5.91 Å². The number of hydrogen-bond acceptors (Lipinski definition) is 3. The third-order valence-corrected chi connectivity index (χ3v) is 2.74. The number of amides is 1. The highest BCUT2D eigenvalue weighted by molar-refractivity contribution is 5.88. The summed E-state index contributed by atoms with van der Waals surface area (Å²) >= 11 is 0. The molecule has 0 aromatic carbocycles. The molecule has 2 atom stereocenters. The Kier molecular flexibility index (Phi) is 4.87. The highest BCUT2D eigenvalue weighted by atomic mass is 16.2. The molecule has 0 saturated heterocycles. The number of imidazole rings is 1. The first-order valence-corrected chi connectivity index (χ1v) is 5.82. The Balaban J connectivity index is 2.49. The highest BCUT2D eigenvalue weighted by Gasteiger charge is 2.19. The molecule has 1 heterocycles. The fraction of sp³-hybridized carbons (Fsp3) is 0.583. The summed E-state index contributed by atoms with van der Waals surface area (Å²) in [6.45, 7) is 5.21. The van der Waals surface area contributed by atoms with Gasteiger partial charge in [-0.1, -0.05) is 13.8 Å². The van der Waals surface area contributed by atoms with Crippen molar-refractivity contribution in [3.05, 3.63) is 18.2 Å². The number of nitrogens with zero attached hydrogens (tertiary/aromatic N) is 1. The largest absolute Gasteiger partial charge is 0.348 e. The molecule has 94 valence electrons. The maximum absolute atomic E-state index is 11.8. The van der Waals surface area contributed by atoms with Crippen molar-refractivity contribution in [2.24, 2.45) is 5.92 Å². The van der Waals surface area contributed by atoms with E-state index >= 15 is 0 Å². The Hall–Kier alpha value is -1.65. The zero-order valence-electron chi connectivity index (χ0n) is 10.5. The molecular formula is C12H19N3O2. The Labute approximate surface area is 101 Å². The summed E-state index contributed by atoms with van der Waals surface area (Å²) < 4.78 is 0. The van der Waals surface area contributed by atoms with Crippen molar-refractivity contribution in [2.75, 3.05) is 0 Å². The smallest absolute Gasteiger partial charge is 0.223 e. The van der Waals surface area contributed by atoms with Gasteiger partial charge in [-0.3, -0.25) is 9.59 Å².